The lowest BCUT2D eigenvalue weighted by Gasteiger charge is -2.39. The quantitative estimate of drug-likeness (QED) is 0.926. The van der Waals surface area contributed by atoms with E-state index in [0.29, 0.717) is 6.42 Å². The molecule has 114 valence electrons. The van der Waals surface area contributed by atoms with E-state index in [9.17, 15) is 4.79 Å². The number of amides is 1. The minimum Gasteiger partial charge on any atom is -0.497 e. The van der Waals surface area contributed by atoms with Crippen molar-refractivity contribution in [3.05, 3.63) is 29.8 Å². The van der Waals surface area contributed by atoms with E-state index in [1.807, 2.05) is 23.1 Å². The third-order valence-corrected chi connectivity index (χ3v) is 4.90. The molecule has 3 rings (SSSR count). The molecule has 1 saturated carbocycles. The number of hydrogen-bond acceptors (Lipinski definition) is 3. The van der Waals surface area contributed by atoms with Crippen LogP contribution in [0.3, 0.4) is 0 Å². The van der Waals surface area contributed by atoms with Gasteiger partial charge < -0.3 is 15.4 Å². The highest BCUT2D eigenvalue weighted by Gasteiger charge is 2.38. The molecule has 0 spiro atoms. The highest BCUT2D eigenvalue weighted by molar-refractivity contribution is 5.78. The van der Waals surface area contributed by atoms with Crippen LogP contribution in [0.5, 0.6) is 5.75 Å². The maximum absolute atomic E-state index is 12.6. The number of likely N-dealkylation sites (tertiary alicyclic amines) is 1. The normalized spacial score (nSPS) is 23.7. The van der Waals surface area contributed by atoms with Gasteiger partial charge in [-0.25, -0.2) is 0 Å². The first-order valence-corrected chi connectivity index (χ1v) is 7.84. The molecule has 1 atom stereocenters. The van der Waals surface area contributed by atoms with Gasteiger partial charge in [0.25, 0.3) is 0 Å². The minimum absolute atomic E-state index is 0.177. The monoisotopic (exact) mass is 288 g/mol. The third-order valence-electron chi connectivity index (χ3n) is 4.90. The summed E-state index contributed by atoms with van der Waals surface area (Å²) in [5, 5.41) is 0. The molecule has 4 nitrogen and oxygen atoms in total. The molecule has 1 unspecified atom stereocenters. The second-order valence-electron chi connectivity index (χ2n) is 6.41. The van der Waals surface area contributed by atoms with Crippen molar-refractivity contribution in [1.82, 2.24) is 4.90 Å². The van der Waals surface area contributed by atoms with Crippen LogP contribution in [0.4, 0.5) is 0 Å². The molecule has 1 aliphatic heterocycles. The maximum Gasteiger partial charge on any atom is 0.224 e. The number of methoxy groups -OCH3 is 1. The summed E-state index contributed by atoms with van der Waals surface area (Å²) < 4.78 is 5.29. The number of carbonyl (C=O) groups is 1. The highest BCUT2D eigenvalue weighted by atomic mass is 16.5. The topological polar surface area (TPSA) is 55.6 Å². The van der Waals surface area contributed by atoms with Crippen LogP contribution in [-0.2, 0) is 4.79 Å². The zero-order valence-electron chi connectivity index (χ0n) is 12.7. The zero-order chi connectivity index (χ0) is 14.9. The molecule has 2 aliphatic rings. The standard InChI is InChI=1S/C17H24N2O2/c1-21-14-6-2-5-13(11-14)15-7-3-10-19(15)16(20)12-17(18)8-4-9-17/h2,5-6,11,15H,3-4,7-10,12,18H2,1H3. The number of hydrogen-bond donors (Lipinski definition) is 1. The summed E-state index contributed by atoms with van der Waals surface area (Å²) in [4.78, 5) is 14.6. The fourth-order valence-corrected chi connectivity index (χ4v) is 3.47. The molecule has 0 aromatic heterocycles. The average molecular weight is 288 g/mol. The van der Waals surface area contributed by atoms with Crippen LogP contribution in [-0.4, -0.2) is 30.0 Å². The van der Waals surface area contributed by atoms with Gasteiger partial charge in [0.2, 0.25) is 5.91 Å². The average Bonchev–Trinajstić information content (AvgIpc) is 2.95. The molecule has 2 fully saturated rings. The Morgan fingerprint density at radius 2 is 2.24 bits per heavy atom. The van der Waals surface area contributed by atoms with Gasteiger partial charge in [-0.2, -0.15) is 0 Å². The van der Waals surface area contributed by atoms with E-state index >= 15 is 0 Å². The Bertz CT molecular complexity index is 525. The Kier molecular flexibility index (Phi) is 3.89. The van der Waals surface area contributed by atoms with Crippen molar-refractivity contribution < 1.29 is 9.53 Å². The van der Waals surface area contributed by atoms with Gasteiger partial charge in [0.05, 0.1) is 13.2 Å². The fraction of sp³-hybridized carbons (Fsp3) is 0.588. The lowest BCUT2D eigenvalue weighted by atomic mass is 9.75. The van der Waals surface area contributed by atoms with Crippen molar-refractivity contribution >= 4 is 5.91 Å². The van der Waals surface area contributed by atoms with Crippen LogP contribution in [0.2, 0.25) is 0 Å². The number of nitrogens with zero attached hydrogens (tertiary/aromatic N) is 1. The van der Waals surface area contributed by atoms with Crippen molar-refractivity contribution in [2.45, 2.75) is 50.1 Å². The van der Waals surface area contributed by atoms with Crippen LogP contribution in [0.15, 0.2) is 24.3 Å². The van der Waals surface area contributed by atoms with Crippen LogP contribution < -0.4 is 10.5 Å². The van der Waals surface area contributed by atoms with Crippen LogP contribution >= 0.6 is 0 Å². The number of nitrogens with two attached hydrogens (primary N) is 1. The molecule has 0 radical (unpaired) electrons. The van der Waals surface area contributed by atoms with Gasteiger partial charge in [-0.3, -0.25) is 4.79 Å². The van der Waals surface area contributed by atoms with Gasteiger partial charge in [-0.1, -0.05) is 12.1 Å². The van der Waals surface area contributed by atoms with Gasteiger partial charge in [0, 0.05) is 18.5 Å². The van der Waals surface area contributed by atoms with E-state index in [1.54, 1.807) is 7.11 Å². The molecule has 1 aromatic carbocycles. The molecule has 1 aromatic rings. The zero-order valence-corrected chi connectivity index (χ0v) is 12.7. The Morgan fingerprint density at radius 1 is 1.43 bits per heavy atom. The first kappa shape index (κ1) is 14.4. The van der Waals surface area contributed by atoms with E-state index in [-0.39, 0.29) is 17.5 Å². The SMILES string of the molecule is COc1cccc(C2CCCN2C(=O)CC2(N)CCC2)c1. The Hall–Kier alpha value is -1.55. The van der Waals surface area contributed by atoms with E-state index in [1.165, 1.54) is 5.56 Å². The second kappa shape index (κ2) is 5.68. The summed E-state index contributed by atoms with van der Waals surface area (Å²) in [5.41, 5.74) is 7.16. The molecule has 21 heavy (non-hydrogen) atoms. The Labute approximate surface area is 126 Å². The van der Waals surface area contributed by atoms with Gasteiger partial charge in [0.15, 0.2) is 0 Å². The van der Waals surface area contributed by atoms with Crippen molar-refractivity contribution in [3.63, 3.8) is 0 Å². The lowest BCUT2D eigenvalue weighted by molar-refractivity contribution is -0.134. The summed E-state index contributed by atoms with van der Waals surface area (Å²) in [6, 6.07) is 8.23. The number of benzene rings is 1. The molecule has 1 heterocycles. The van der Waals surface area contributed by atoms with Gasteiger partial charge >= 0.3 is 0 Å². The predicted molar refractivity (Wildman–Crippen MR) is 82.1 cm³/mol. The fourth-order valence-electron chi connectivity index (χ4n) is 3.47. The minimum atomic E-state index is -0.237. The smallest absolute Gasteiger partial charge is 0.224 e. The van der Waals surface area contributed by atoms with Crippen LogP contribution in [0.1, 0.15) is 50.1 Å². The summed E-state index contributed by atoms with van der Waals surface area (Å²) in [5.74, 6) is 1.06. The largest absolute Gasteiger partial charge is 0.497 e. The molecule has 4 heteroatoms. The second-order valence-corrected chi connectivity index (χ2v) is 6.41. The summed E-state index contributed by atoms with van der Waals surface area (Å²) in [6.45, 7) is 0.844. The Morgan fingerprint density at radius 3 is 2.90 bits per heavy atom. The molecule has 1 aliphatic carbocycles. The molecule has 0 bridgehead atoms. The van der Waals surface area contributed by atoms with E-state index in [0.717, 1.165) is 44.4 Å². The van der Waals surface area contributed by atoms with Crippen LogP contribution in [0.25, 0.3) is 0 Å². The number of ether oxygens (including phenoxy) is 1. The van der Waals surface area contributed by atoms with Gasteiger partial charge in [-0.15, -0.1) is 0 Å². The van der Waals surface area contributed by atoms with Crippen molar-refractivity contribution in [2.75, 3.05) is 13.7 Å². The van der Waals surface area contributed by atoms with E-state index in [4.69, 9.17) is 10.5 Å². The van der Waals surface area contributed by atoms with E-state index < -0.39 is 0 Å². The first-order chi connectivity index (χ1) is 10.1. The van der Waals surface area contributed by atoms with Crippen molar-refractivity contribution in [2.24, 2.45) is 5.73 Å². The number of rotatable bonds is 4. The molecular formula is C17H24N2O2. The summed E-state index contributed by atoms with van der Waals surface area (Å²) in [7, 11) is 1.67. The van der Waals surface area contributed by atoms with Crippen LogP contribution in [0, 0.1) is 0 Å². The van der Waals surface area contributed by atoms with Gasteiger partial charge in [-0.05, 0) is 49.8 Å². The van der Waals surface area contributed by atoms with E-state index in [2.05, 4.69) is 6.07 Å². The summed E-state index contributed by atoms with van der Waals surface area (Å²) >= 11 is 0. The highest BCUT2D eigenvalue weighted by Crippen LogP contribution is 2.37. The predicted octanol–water partition coefficient (Wildman–Crippen LogP) is 2.63. The first-order valence-electron chi connectivity index (χ1n) is 7.84. The lowest BCUT2D eigenvalue weighted by Crippen LogP contribution is -2.50. The molecule has 1 amide bonds. The van der Waals surface area contributed by atoms with Crippen molar-refractivity contribution in [1.29, 1.82) is 0 Å². The molecular weight excluding hydrogens is 264 g/mol. The summed E-state index contributed by atoms with van der Waals surface area (Å²) in [6.07, 6.45) is 5.70. The van der Waals surface area contributed by atoms with Crippen molar-refractivity contribution in [3.8, 4) is 5.75 Å². The molecule has 2 N–H and O–H groups in total. The van der Waals surface area contributed by atoms with Gasteiger partial charge in [0.1, 0.15) is 5.75 Å². The number of carbonyl (C=O) groups excluding carboxylic acids is 1. The molecule has 1 saturated heterocycles. The third kappa shape index (κ3) is 2.91. The Balaban J connectivity index is 1.73. The maximum atomic E-state index is 12.6.